The van der Waals surface area contributed by atoms with Crippen LogP contribution in [0.1, 0.15) is 33.0 Å². The van der Waals surface area contributed by atoms with Crippen molar-refractivity contribution in [1.82, 2.24) is 0 Å². The number of carbonyl (C=O) groups is 1. The van der Waals surface area contributed by atoms with Crippen LogP contribution in [0, 0.1) is 28.6 Å². The minimum absolute atomic E-state index is 0.0185. The van der Waals surface area contributed by atoms with Crippen molar-refractivity contribution in [3.05, 3.63) is 149 Å². The number of fused-ring (bicyclic) bond motifs is 3. The molecule has 0 spiro atoms. The van der Waals surface area contributed by atoms with Gasteiger partial charge in [-0.25, -0.2) is 0 Å². The zero-order chi connectivity index (χ0) is 26.8. The molecule has 4 aromatic rings. The maximum absolute atomic E-state index is 14.5. The van der Waals surface area contributed by atoms with Gasteiger partial charge >= 0.3 is 0 Å². The molecule has 0 unspecified atom stereocenters. The van der Waals surface area contributed by atoms with Crippen molar-refractivity contribution in [2.45, 2.75) is 18.0 Å². The Kier molecular flexibility index (Phi) is 6.37. The molecule has 0 amide bonds. The number of benzene rings is 4. The van der Waals surface area contributed by atoms with Crippen LogP contribution in [-0.4, -0.2) is 17.9 Å². The fourth-order valence-electron chi connectivity index (χ4n) is 6.27. The molecule has 0 bridgehead atoms. The van der Waals surface area contributed by atoms with E-state index < -0.39 is 6.04 Å². The molecular weight excluding hydrogens is 478 g/mol. The molecule has 6 rings (SSSR count). The molecule has 0 aliphatic carbocycles. The minimum Gasteiger partial charge on any atom is -0.353 e. The molecule has 1 saturated heterocycles. The number of carbonyl (C=O) groups excluding carboxylic acids is 1. The number of anilines is 1. The van der Waals surface area contributed by atoms with Gasteiger partial charge in [0.1, 0.15) is 23.8 Å². The smallest absolute Gasteiger partial charge is 0.185 e. The third-order valence-corrected chi connectivity index (χ3v) is 7.83. The summed E-state index contributed by atoms with van der Waals surface area (Å²) in [6, 6.07) is 40.8. The fourth-order valence-corrected chi connectivity index (χ4v) is 6.27. The van der Waals surface area contributed by atoms with E-state index in [0.717, 1.165) is 22.4 Å². The summed E-state index contributed by atoms with van der Waals surface area (Å²) in [5.41, 5.74) is 5.23. The number of allylic oxidation sites excluding steroid dienone is 1. The second-order valence-corrected chi connectivity index (χ2v) is 9.83. The Bertz CT molecular complexity index is 1640. The molecule has 0 saturated carbocycles. The third-order valence-electron chi connectivity index (χ3n) is 7.83. The van der Waals surface area contributed by atoms with Crippen LogP contribution >= 0.6 is 0 Å². The minimum atomic E-state index is -0.548. The summed E-state index contributed by atoms with van der Waals surface area (Å²) >= 11 is 0. The van der Waals surface area contributed by atoms with E-state index in [1.54, 1.807) is 0 Å². The fraction of sp³-hybridized carbons (Fsp3) is 0.114. The molecule has 4 aromatic carbocycles. The third kappa shape index (κ3) is 4.13. The van der Waals surface area contributed by atoms with Crippen LogP contribution in [0.15, 0.2) is 127 Å². The molecule has 4 heteroatoms. The lowest BCUT2D eigenvalue weighted by Gasteiger charge is -2.36. The Morgan fingerprint density at radius 3 is 1.90 bits per heavy atom. The van der Waals surface area contributed by atoms with Gasteiger partial charge in [-0.1, -0.05) is 121 Å². The van der Waals surface area contributed by atoms with Crippen LogP contribution < -0.4 is 4.90 Å². The van der Waals surface area contributed by atoms with E-state index in [4.69, 9.17) is 0 Å². The quantitative estimate of drug-likeness (QED) is 0.216. The molecule has 4 atom stereocenters. The van der Waals surface area contributed by atoms with Crippen molar-refractivity contribution >= 4 is 23.1 Å². The van der Waals surface area contributed by atoms with E-state index >= 15 is 0 Å². The standard InChI is InChI=1S/C35H25N3O/c36-22-28(23-37)31(25-13-4-1-5-14-25)33-30-21-20-24-12-10-11-19-29(24)38(30)34(32(33)26-15-6-2-7-16-26)35(39)27-17-8-3-9-18-27/h1-21,30,32-34H/t30-,32+,33-,34-/m0/s1. The second-order valence-electron chi connectivity index (χ2n) is 9.83. The molecule has 39 heavy (non-hydrogen) atoms. The topological polar surface area (TPSA) is 67.9 Å². The maximum atomic E-state index is 14.5. The lowest BCUT2D eigenvalue weighted by molar-refractivity contribution is 0.0953. The zero-order valence-corrected chi connectivity index (χ0v) is 21.2. The first kappa shape index (κ1) is 24.2. The first-order valence-corrected chi connectivity index (χ1v) is 13.0. The number of rotatable bonds is 5. The molecule has 1 fully saturated rings. The average Bonchev–Trinajstić information content (AvgIpc) is 3.36. The van der Waals surface area contributed by atoms with Gasteiger partial charge in [0.05, 0.1) is 6.04 Å². The highest BCUT2D eigenvalue weighted by Crippen LogP contribution is 2.54. The molecule has 0 aromatic heterocycles. The van der Waals surface area contributed by atoms with Crippen molar-refractivity contribution < 1.29 is 4.79 Å². The van der Waals surface area contributed by atoms with Crippen LogP contribution in [0.3, 0.4) is 0 Å². The zero-order valence-electron chi connectivity index (χ0n) is 21.2. The van der Waals surface area contributed by atoms with Gasteiger partial charge < -0.3 is 4.90 Å². The van der Waals surface area contributed by atoms with Crippen molar-refractivity contribution in [3.8, 4) is 12.1 Å². The van der Waals surface area contributed by atoms with Gasteiger partial charge in [0, 0.05) is 23.1 Å². The lowest BCUT2D eigenvalue weighted by atomic mass is 9.73. The first-order valence-electron chi connectivity index (χ1n) is 13.0. The number of hydrogen-bond acceptors (Lipinski definition) is 4. The van der Waals surface area contributed by atoms with E-state index in [1.807, 2.05) is 91.0 Å². The molecule has 4 nitrogen and oxygen atoms in total. The van der Waals surface area contributed by atoms with Crippen LogP contribution in [-0.2, 0) is 0 Å². The Morgan fingerprint density at radius 1 is 0.692 bits per heavy atom. The lowest BCUT2D eigenvalue weighted by Crippen LogP contribution is -2.43. The number of ketones is 1. The highest BCUT2D eigenvalue weighted by molar-refractivity contribution is 6.04. The summed E-state index contributed by atoms with van der Waals surface area (Å²) in [5.74, 6) is -0.622. The Balaban J connectivity index is 1.67. The summed E-state index contributed by atoms with van der Waals surface area (Å²) < 4.78 is 0. The number of Topliss-reactive ketones (excluding diaryl/α,β-unsaturated/α-hetero) is 1. The summed E-state index contributed by atoms with van der Waals surface area (Å²) in [6.07, 6.45) is 4.23. The normalized spacial score (nSPS) is 20.7. The Hall–Kier alpha value is -5.19. The monoisotopic (exact) mass is 503 g/mol. The predicted octanol–water partition coefficient (Wildman–Crippen LogP) is 7.05. The Morgan fingerprint density at radius 2 is 1.26 bits per heavy atom. The van der Waals surface area contributed by atoms with Gasteiger partial charge in [0.25, 0.3) is 0 Å². The summed E-state index contributed by atoms with van der Waals surface area (Å²) in [4.78, 5) is 16.7. The molecule has 186 valence electrons. The van der Waals surface area contributed by atoms with Gasteiger partial charge in [-0.2, -0.15) is 10.5 Å². The van der Waals surface area contributed by atoms with E-state index in [9.17, 15) is 15.3 Å². The van der Waals surface area contributed by atoms with Crippen LogP contribution in [0.25, 0.3) is 11.6 Å². The Labute approximate surface area is 228 Å². The number of nitriles is 2. The van der Waals surface area contributed by atoms with Crippen molar-refractivity contribution in [1.29, 1.82) is 10.5 Å². The number of hydrogen-bond donors (Lipinski definition) is 0. The SMILES string of the molecule is N#CC(C#N)=C(c1ccccc1)[C@H]1[C@@H](c2ccccc2)[C@@H](C(=O)c2ccccc2)N2c3ccccc3C=C[C@@H]12. The maximum Gasteiger partial charge on any atom is 0.185 e. The molecular formula is C35H25N3O. The molecule has 0 N–H and O–H groups in total. The van der Waals surface area contributed by atoms with Crippen molar-refractivity contribution in [3.63, 3.8) is 0 Å². The predicted molar refractivity (Wildman–Crippen MR) is 154 cm³/mol. The highest BCUT2D eigenvalue weighted by atomic mass is 16.1. The largest absolute Gasteiger partial charge is 0.353 e. The number of para-hydroxylation sites is 1. The van der Waals surface area contributed by atoms with Gasteiger partial charge in [-0.05, 0) is 28.3 Å². The van der Waals surface area contributed by atoms with Gasteiger partial charge in [0.15, 0.2) is 5.78 Å². The summed E-state index contributed by atoms with van der Waals surface area (Å²) in [5, 5.41) is 20.3. The van der Waals surface area contributed by atoms with E-state index in [1.165, 1.54) is 0 Å². The van der Waals surface area contributed by atoms with Gasteiger partial charge in [-0.15, -0.1) is 0 Å². The molecule has 0 radical (unpaired) electrons. The molecule has 2 aliphatic heterocycles. The van der Waals surface area contributed by atoms with Crippen LogP contribution in [0.5, 0.6) is 0 Å². The molecule has 2 aliphatic rings. The molecule has 2 heterocycles. The van der Waals surface area contributed by atoms with E-state index in [-0.39, 0.29) is 29.2 Å². The van der Waals surface area contributed by atoms with E-state index in [2.05, 4.69) is 53.5 Å². The second kappa shape index (κ2) is 10.3. The average molecular weight is 504 g/mol. The van der Waals surface area contributed by atoms with E-state index in [0.29, 0.717) is 11.1 Å². The highest BCUT2D eigenvalue weighted by Gasteiger charge is 2.54. The number of nitrogens with zero attached hydrogens (tertiary/aromatic N) is 3. The van der Waals surface area contributed by atoms with Crippen molar-refractivity contribution in [2.24, 2.45) is 5.92 Å². The van der Waals surface area contributed by atoms with Crippen LogP contribution in [0.2, 0.25) is 0 Å². The summed E-state index contributed by atoms with van der Waals surface area (Å²) in [7, 11) is 0. The van der Waals surface area contributed by atoms with Crippen molar-refractivity contribution in [2.75, 3.05) is 4.90 Å². The van der Waals surface area contributed by atoms with Crippen LogP contribution in [0.4, 0.5) is 5.69 Å². The summed E-state index contributed by atoms with van der Waals surface area (Å²) in [6.45, 7) is 0. The van der Waals surface area contributed by atoms with Gasteiger partial charge in [-0.3, -0.25) is 4.79 Å². The first-order chi connectivity index (χ1) is 19.2. The van der Waals surface area contributed by atoms with Gasteiger partial charge in [0.2, 0.25) is 0 Å².